The van der Waals surface area contributed by atoms with Crippen LogP contribution in [0.4, 0.5) is 13.2 Å². The second kappa shape index (κ2) is 5.95. The maximum absolute atomic E-state index is 12.2. The van der Waals surface area contributed by atoms with Gasteiger partial charge in [-0.25, -0.2) is 0 Å². The largest absolute Gasteiger partial charge is 0.493 e. The number of ketones is 1. The lowest BCUT2D eigenvalue weighted by Crippen LogP contribution is -2.19. The van der Waals surface area contributed by atoms with Crippen molar-refractivity contribution in [2.24, 2.45) is 0 Å². The van der Waals surface area contributed by atoms with Gasteiger partial charge < -0.3 is 9.47 Å². The average Bonchev–Trinajstić information content (AvgIpc) is 2.29. The molecule has 0 fully saturated rings. The Morgan fingerprint density at radius 1 is 1.21 bits per heavy atom. The zero-order valence-electron chi connectivity index (χ0n) is 10.9. The van der Waals surface area contributed by atoms with E-state index in [1.54, 1.807) is 13.8 Å². The molecular formula is C13H15F3O3. The molecular weight excluding hydrogens is 261 g/mol. The van der Waals surface area contributed by atoms with Gasteiger partial charge in [-0.1, -0.05) is 0 Å². The van der Waals surface area contributed by atoms with Crippen LogP contribution in [0.15, 0.2) is 12.1 Å². The molecule has 0 spiro atoms. The highest BCUT2D eigenvalue weighted by molar-refractivity contribution is 5.95. The maximum Gasteiger partial charge on any atom is 0.422 e. The summed E-state index contributed by atoms with van der Waals surface area (Å²) in [5.41, 5.74) is 0.697. The Morgan fingerprint density at radius 2 is 1.74 bits per heavy atom. The minimum atomic E-state index is -4.43. The Hall–Kier alpha value is -1.72. The molecule has 0 saturated carbocycles. The lowest BCUT2D eigenvalue weighted by Gasteiger charge is -2.15. The number of carbonyl (C=O) groups excluding carboxylic acids is 1. The third-order valence-corrected chi connectivity index (χ3v) is 2.41. The molecule has 106 valence electrons. The molecule has 0 amide bonds. The summed E-state index contributed by atoms with van der Waals surface area (Å²) in [5, 5.41) is 0. The average molecular weight is 276 g/mol. The smallest absolute Gasteiger partial charge is 0.422 e. The van der Waals surface area contributed by atoms with Gasteiger partial charge in [-0.05, 0) is 32.9 Å². The number of halogens is 3. The van der Waals surface area contributed by atoms with E-state index in [1.807, 2.05) is 0 Å². The van der Waals surface area contributed by atoms with Gasteiger partial charge in [0.2, 0.25) is 0 Å². The molecule has 0 aromatic heterocycles. The molecule has 0 bridgehead atoms. The van der Waals surface area contributed by atoms with Gasteiger partial charge in [-0.3, -0.25) is 4.79 Å². The van der Waals surface area contributed by atoms with Gasteiger partial charge >= 0.3 is 6.18 Å². The van der Waals surface area contributed by atoms with Crippen LogP contribution in [0.2, 0.25) is 0 Å². The first-order chi connectivity index (χ1) is 8.74. The molecule has 19 heavy (non-hydrogen) atoms. The minimum Gasteiger partial charge on any atom is -0.493 e. The van der Waals surface area contributed by atoms with E-state index in [-0.39, 0.29) is 17.1 Å². The molecule has 3 nitrogen and oxygen atoms in total. The fourth-order valence-corrected chi connectivity index (χ4v) is 1.48. The van der Waals surface area contributed by atoms with Crippen molar-refractivity contribution in [2.45, 2.75) is 26.9 Å². The third kappa shape index (κ3) is 4.46. The zero-order chi connectivity index (χ0) is 14.6. The number of carbonyl (C=O) groups is 1. The van der Waals surface area contributed by atoms with Crippen LogP contribution >= 0.6 is 0 Å². The SMILES string of the molecule is CCOc1cc(C(C)=O)cc(OCC(F)(F)F)c1C. The minimum absolute atomic E-state index is 0.00785. The number of Topliss-reactive ketones (excluding diaryl/α,β-unsaturated/α-hetero) is 1. The summed E-state index contributed by atoms with van der Waals surface area (Å²) in [5.74, 6) is 0.0960. The van der Waals surface area contributed by atoms with Gasteiger partial charge in [0.1, 0.15) is 11.5 Å². The molecule has 1 aromatic rings. The lowest BCUT2D eigenvalue weighted by molar-refractivity contribution is -0.153. The Bertz CT molecular complexity index is 467. The van der Waals surface area contributed by atoms with Crippen molar-refractivity contribution in [3.05, 3.63) is 23.3 Å². The van der Waals surface area contributed by atoms with Crippen LogP contribution in [-0.4, -0.2) is 25.2 Å². The van der Waals surface area contributed by atoms with Gasteiger partial charge in [0.15, 0.2) is 12.4 Å². The van der Waals surface area contributed by atoms with E-state index in [2.05, 4.69) is 0 Å². The van der Waals surface area contributed by atoms with Crippen LogP contribution in [0.5, 0.6) is 11.5 Å². The maximum atomic E-state index is 12.2. The van der Waals surface area contributed by atoms with E-state index < -0.39 is 12.8 Å². The highest BCUT2D eigenvalue weighted by atomic mass is 19.4. The van der Waals surface area contributed by atoms with Crippen LogP contribution in [0.25, 0.3) is 0 Å². The molecule has 1 rings (SSSR count). The molecule has 6 heteroatoms. The number of ether oxygens (including phenoxy) is 2. The van der Waals surface area contributed by atoms with Gasteiger partial charge in [0.05, 0.1) is 6.61 Å². The van der Waals surface area contributed by atoms with Crippen molar-refractivity contribution in [2.75, 3.05) is 13.2 Å². The van der Waals surface area contributed by atoms with Crippen molar-refractivity contribution in [3.8, 4) is 11.5 Å². The Morgan fingerprint density at radius 3 is 2.16 bits per heavy atom. The first-order valence-electron chi connectivity index (χ1n) is 5.72. The Kier molecular flexibility index (Phi) is 4.80. The highest BCUT2D eigenvalue weighted by Gasteiger charge is 2.29. The Labute approximate surface area is 109 Å². The summed E-state index contributed by atoms with van der Waals surface area (Å²) >= 11 is 0. The molecule has 0 atom stereocenters. The van der Waals surface area contributed by atoms with Crippen molar-refractivity contribution in [3.63, 3.8) is 0 Å². The topological polar surface area (TPSA) is 35.5 Å². The fraction of sp³-hybridized carbons (Fsp3) is 0.462. The van der Waals surface area contributed by atoms with Crippen LogP contribution in [0.3, 0.4) is 0 Å². The molecule has 0 N–H and O–H groups in total. The predicted octanol–water partition coefficient (Wildman–Crippen LogP) is 3.54. The van der Waals surface area contributed by atoms with E-state index in [0.717, 1.165) is 0 Å². The van der Waals surface area contributed by atoms with Gasteiger partial charge in [-0.2, -0.15) is 13.2 Å². The number of benzene rings is 1. The van der Waals surface area contributed by atoms with Crippen molar-refractivity contribution < 1.29 is 27.4 Å². The first-order valence-corrected chi connectivity index (χ1v) is 5.72. The van der Waals surface area contributed by atoms with Crippen molar-refractivity contribution in [1.82, 2.24) is 0 Å². The molecule has 0 aliphatic rings. The van der Waals surface area contributed by atoms with Gasteiger partial charge in [0.25, 0.3) is 0 Å². The second-order valence-electron chi connectivity index (χ2n) is 3.99. The molecule has 0 aliphatic heterocycles. The van der Waals surface area contributed by atoms with Gasteiger partial charge in [0, 0.05) is 11.1 Å². The molecule has 0 radical (unpaired) electrons. The summed E-state index contributed by atoms with van der Waals surface area (Å²) in [6.07, 6.45) is -4.43. The number of hydrogen-bond acceptors (Lipinski definition) is 3. The summed E-state index contributed by atoms with van der Waals surface area (Å²) in [6, 6.07) is 2.80. The van der Waals surface area contributed by atoms with Gasteiger partial charge in [-0.15, -0.1) is 0 Å². The lowest BCUT2D eigenvalue weighted by atomic mass is 10.1. The Balaban J connectivity index is 3.10. The summed E-state index contributed by atoms with van der Waals surface area (Å²) in [7, 11) is 0. The molecule has 0 unspecified atom stereocenters. The molecule has 0 heterocycles. The van der Waals surface area contributed by atoms with Crippen LogP contribution in [0, 0.1) is 6.92 Å². The number of hydrogen-bond donors (Lipinski definition) is 0. The summed E-state index contributed by atoms with van der Waals surface area (Å²) in [6.45, 7) is 3.60. The zero-order valence-corrected chi connectivity index (χ0v) is 10.9. The second-order valence-corrected chi connectivity index (χ2v) is 3.99. The molecule has 1 aromatic carbocycles. The summed E-state index contributed by atoms with van der Waals surface area (Å²) in [4.78, 5) is 11.3. The third-order valence-electron chi connectivity index (χ3n) is 2.41. The number of alkyl halides is 3. The fourth-order valence-electron chi connectivity index (χ4n) is 1.48. The predicted molar refractivity (Wildman–Crippen MR) is 63.9 cm³/mol. The molecule has 0 saturated heterocycles. The van der Waals surface area contributed by atoms with E-state index in [1.165, 1.54) is 19.1 Å². The van der Waals surface area contributed by atoms with Crippen molar-refractivity contribution in [1.29, 1.82) is 0 Å². The first kappa shape index (κ1) is 15.3. The van der Waals surface area contributed by atoms with E-state index >= 15 is 0 Å². The van der Waals surface area contributed by atoms with E-state index in [4.69, 9.17) is 9.47 Å². The van der Waals surface area contributed by atoms with Crippen LogP contribution in [0.1, 0.15) is 29.8 Å². The van der Waals surface area contributed by atoms with Crippen molar-refractivity contribution >= 4 is 5.78 Å². The highest BCUT2D eigenvalue weighted by Crippen LogP contribution is 2.31. The normalized spacial score (nSPS) is 11.3. The van der Waals surface area contributed by atoms with Crippen LogP contribution < -0.4 is 9.47 Å². The quantitative estimate of drug-likeness (QED) is 0.772. The van der Waals surface area contributed by atoms with Crippen LogP contribution in [-0.2, 0) is 0 Å². The number of rotatable bonds is 5. The molecule has 0 aliphatic carbocycles. The summed E-state index contributed by atoms with van der Waals surface area (Å²) < 4.78 is 46.5. The van der Waals surface area contributed by atoms with E-state index in [9.17, 15) is 18.0 Å². The standard InChI is InChI=1S/C13H15F3O3/c1-4-18-11-5-10(9(3)17)6-12(8(11)2)19-7-13(14,15)16/h5-6H,4,7H2,1-3H3. The van der Waals surface area contributed by atoms with E-state index in [0.29, 0.717) is 17.9 Å². The monoisotopic (exact) mass is 276 g/mol.